The zero-order valence-corrected chi connectivity index (χ0v) is 16.3. The van der Waals surface area contributed by atoms with Crippen molar-refractivity contribution in [2.45, 2.75) is 25.4 Å². The van der Waals surface area contributed by atoms with Crippen molar-refractivity contribution in [1.29, 1.82) is 0 Å². The van der Waals surface area contributed by atoms with E-state index in [2.05, 4.69) is 4.98 Å². The molecule has 1 unspecified atom stereocenters. The van der Waals surface area contributed by atoms with Gasteiger partial charge in [0.05, 0.1) is 29.9 Å². The third-order valence-electron chi connectivity index (χ3n) is 5.92. The lowest BCUT2D eigenvalue weighted by molar-refractivity contribution is 0.0481. The number of fused-ring (bicyclic) bond motifs is 2. The molecule has 1 saturated heterocycles. The second-order valence-corrected chi connectivity index (χ2v) is 7.82. The Hall–Kier alpha value is -3.12. The first kappa shape index (κ1) is 17.9. The van der Waals surface area contributed by atoms with Crippen LogP contribution >= 0.6 is 0 Å². The maximum atomic E-state index is 13.0. The maximum absolute atomic E-state index is 13.0. The van der Waals surface area contributed by atoms with E-state index in [0.29, 0.717) is 31.9 Å². The van der Waals surface area contributed by atoms with Crippen molar-refractivity contribution in [1.82, 2.24) is 19.9 Å². The number of rotatable bonds is 2. The van der Waals surface area contributed by atoms with E-state index in [4.69, 9.17) is 14.7 Å². The van der Waals surface area contributed by atoms with Gasteiger partial charge in [0.2, 0.25) is 0 Å². The number of aromatic nitrogens is 3. The third-order valence-corrected chi connectivity index (χ3v) is 5.92. The largest absolute Gasteiger partial charge is 0.376 e. The number of ether oxygens (including phenoxy) is 1. The van der Waals surface area contributed by atoms with E-state index in [1.165, 1.54) is 0 Å². The van der Waals surface area contributed by atoms with Crippen LogP contribution in [0.1, 0.15) is 33.7 Å². The molecule has 0 N–H and O–H groups in total. The number of pyridine rings is 1. The molecule has 0 bridgehead atoms. The number of hydrogen-bond donors (Lipinski definition) is 0. The van der Waals surface area contributed by atoms with Gasteiger partial charge in [0, 0.05) is 42.3 Å². The van der Waals surface area contributed by atoms with Crippen LogP contribution in [0, 0.1) is 6.92 Å². The SMILES string of the molecule is Cc1nc(-c2ccccc2)nc2c1COCC21CCN(C(=O)c2cccnc2)C1. The van der Waals surface area contributed by atoms with E-state index >= 15 is 0 Å². The van der Waals surface area contributed by atoms with E-state index in [1.54, 1.807) is 18.5 Å². The van der Waals surface area contributed by atoms with Crippen LogP contribution in [0.3, 0.4) is 0 Å². The summed E-state index contributed by atoms with van der Waals surface area (Å²) in [5.41, 5.74) is 4.38. The van der Waals surface area contributed by atoms with E-state index in [-0.39, 0.29) is 11.3 Å². The van der Waals surface area contributed by atoms with Gasteiger partial charge in [-0.05, 0) is 25.5 Å². The molecule has 2 aliphatic heterocycles. The van der Waals surface area contributed by atoms with Gasteiger partial charge in [0.25, 0.3) is 5.91 Å². The highest BCUT2D eigenvalue weighted by Crippen LogP contribution is 2.40. The minimum absolute atomic E-state index is 0.0103. The van der Waals surface area contributed by atoms with Crippen LogP contribution in [0.15, 0.2) is 54.9 Å². The number of benzene rings is 1. The molecule has 1 aromatic carbocycles. The van der Waals surface area contributed by atoms with Crippen molar-refractivity contribution in [3.05, 3.63) is 77.4 Å². The highest BCUT2D eigenvalue weighted by Gasteiger charge is 2.46. The summed E-state index contributed by atoms with van der Waals surface area (Å²) in [7, 11) is 0. The molecule has 6 nitrogen and oxygen atoms in total. The Morgan fingerprint density at radius 3 is 2.79 bits per heavy atom. The van der Waals surface area contributed by atoms with Gasteiger partial charge in [-0.3, -0.25) is 9.78 Å². The molecular weight excluding hydrogens is 364 g/mol. The summed E-state index contributed by atoms with van der Waals surface area (Å²) >= 11 is 0. The smallest absolute Gasteiger partial charge is 0.255 e. The van der Waals surface area contributed by atoms with Crippen LogP contribution in [0.2, 0.25) is 0 Å². The quantitative estimate of drug-likeness (QED) is 0.677. The van der Waals surface area contributed by atoms with Gasteiger partial charge in [0.15, 0.2) is 5.82 Å². The predicted molar refractivity (Wildman–Crippen MR) is 108 cm³/mol. The summed E-state index contributed by atoms with van der Waals surface area (Å²) in [5, 5.41) is 0. The topological polar surface area (TPSA) is 68.2 Å². The molecule has 0 saturated carbocycles. The Morgan fingerprint density at radius 1 is 1.14 bits per heavy atom. The Labute approximate surface area is 169 Å². The van der Waals surface area contributed by atoms with Gasteiger partial charge in [-0.15, -0.1) is 0 Å². The first-order chi connectivity index (χ1) is 14.2. The Morgan fingerprint density at radius 2 is 2.00 bits per heavy atom. The van der Waals surface area contributed by atoms with E-state index in [9.17, 15) is 4.79 Å². The number of likely N-dealkylation sites (tertiary alicyclic amines) is 1. The van der Waals surface area contributed by atoms with Gasteiger partial charge in [-0.1, -0.05) is 30.3 Å². The average Bonchev–Trinajstić information content (AvgIpc) is 3.20. The first-order valence-corrected chi connectivity index (χ1v) is 9.87. The number of amides is 1. The minimum Gasteiger partial charge on any atom is -0.376 e. The standard InChI is InChI=1S/C23H22N4O2/c1-16-19-13-29-15-23(20(19)26-21(25-16)17-6-3-2-4-7-17)9-11-27(14-23)22(28)18-8-5-10-24-12-18/h2-8,10,12H,9,11,13-15H2,1H3. The second-order valence-electron chi connectivity index (χ2n) is 7.82. The van der Waals surface area contributed by atoms with Gasteiger partial charge < -0.3 is 9.64 Å². The predicted octanol–water partition coefficient (Wildman–Crippen LogP) is 3.16. The average molecular weight is 386 g/mol. The molecule has 6 heteroatoms. The molecule has 146 valence electrons. The molecule has 1 spiro atoms. The summed E-state index contributed by atoms with van der Waals surface area (Å²) in [4.78, 5) is 28.7. The lowest BCUT2D eigenvalue weighted by atomic mass is 9.80. The molecule has 1 atom stereocenters. The molecule has 2 aromatic heterocycles. The third kappa shape index (κ3) is 3.09. The van der Waals surface area contributed by atoms with E-state index < -0.39 is 0 Å². The number of carbonyl (C=O) groups is 1. The summed E-state index contributed by atoms with van der Waals surface area (Å²) in [5.74, 6) is 0.747. The minimum atomic E-state index is -0.289. The summed E-state index contributed by atoms with van der Waals surface area (Å²) < 4.78 is 5.96. The monoisotopic (exact) mass is 386 g/mol. The van der Waals surface area contributed by atoms with Gasteiger partial charge in [0.1, 0.15) is 0 Å². The van der Waals surface area contributed by atoms with Crippen LogP contribution in [0.5, 0.6) is 0 Å². The Balaban J connectivity index is 1.52. The van der Waals surface area contributed by atoms with Gasteiger partial charge >= 0.3 is 0 Å². The van der Waals surface area contributed by atoms with Crippen molar-refractivity contribution in [2.75, 3.05) is 19.7 Å². The molecule has 29 heavy (non-hydrogen) atoms. The van der Waals surface area contributed by atoms with E-state index in [0.717, 1.165) is 34.8 Å². The number of nitrogens with zero attached hydrogens (tertiary/aromatic N) is 4. The van der Waals surface area contributed by atoms with Crippen LogP contribution < -0.4 is 0 Å². The molecule has 2 aliphatic rings. The lowest BCUT2D eigenvalue weighted by Crippen LogP contribution is -2.42. The summed E-state index contributed by atoms with van der Waals surface area (Å²) in [6.07, 6.45) is 4.13. The van der Waals surface area contributed by atoms with Crippen molar-refractivity contribution < 1.29 is 9.53 Å². The van der Waals surface area contributed by atoms with Crippen molar-refractivity contribution in [3.63, 3.8) is 0 Å². The van der Waals surface area contributed by atoms with Crippen LogP contribution in [-0.2, 0) is 16.8 Å². The lowest BCUT2D eigenvalue weighted by Gasteiger charge is -2.35. The first-order valence-electron chi connectivity index (χ1n) is 9.87. The zero-order chi connectivity index (χ0) is 19.8. The fourth-order valence-electron chi connectivity index (χ4n) is 4.37. The normalized spacial score (nSPS) is 20.7. The van der Waals surface area contributed by atoms with E-state index in [1.807, 2.05) is 48.2 Å². The summed E-state index contributed by atoms with van der Waals surface area (Å²) in [6.45, 7) is 4.39. The molecular formula is C23H22N4O2. The Bertz CT molecular complexity index is 1060. The molecule has 1 amide bonds. The molecule has 3 aromatic rings. The second kappa shape index (κ2) is 7.04. The molecule has 0 aliphatic carbocycles. The number of aryl methyl sites for hydroxylation is 1. The fourth-order valence-corrected chi connectivity index (χ4v) is 4.37. The fraction of sp³-hybridized carbons (Fsp3) is 0.304. The highest BCUT2D eigenvalue weighted by atomic mass is 16.5. The molecule has 0 radical (unpaired) electrons. The Kier molecular flexibility index (Phi) is 4.36. The van der Waals surface area contributed by atoms with Crippen LogP contribution in [0.4, 0.5) is 0 Å². The summed E-state index contributed by atoms with van der Waals surface area (Å²) in [6, 6.07) is 13.6. The zero-order valence-electron chi connectivity index (χ0n) is 16.3. The van der Waals surface area contributed by atoms with Gasteiger partial charge in [-0.2, -0.15) is 0 Å². The highest BCUT2D eigenvalue weighted by molar-refractivity contribution is 5.94. The van der Waals surface area contributed by atoms with Gasteiger partial charge in [-0.25, -0.2) is 9.97 Å². The number of hydrogen-bond acceptors (Lipinski definition) is 5. The van der Waals surface area contributed by atoms with Crippen LogP contribution in [-0.4, -0.2) is 45.5 Å². The van der Waals surface area contributed by atoms with Crippen molar-refractivity contribution in [2.24, 2.45) is 0 Å². The molecule has 5 rings (SSSR count). The van der Waals surface area contributed by atoms with Crippen molar-refractivity contribution in [3.8, 4) is 11.4 Å². The maximum Gasteiger partial charge on any atom is 0.255 e. The van der Waals surface area contributed by atoms with Crippen LogP contribution in [0.25, 0.3) is 11.4 Å². The van der Waals surface area contributed by atoms with Crippen molar-refractivity contribution >= 4 is 5.91 Å². The number of carbonyl (C=O) groups excluding carboxylic acids is 1. The molecule has 1 fully saturated rings. The molecule has 4 heterocycles.